The average molecular weight is 472 g/mol. The maximum absolute atomic E-state index is 13.3. The highest BCUT2D eigenvalue weighted by Crippen LogP contribution is 2.30. The lowest BCUT2D eigenvalue weighted by Crippen LogP contribution is -2.42. The molecule has 3 rings (SSSR count). The molecule has 2 fully saturated rings. The van der Waals surface area contributed by atoms with Gasteiger partial charge in [-0.15, -0.1) is 0 Å². The lowest BCUT2D eigenvalue weighted by atomic mass is 9.84. The molecule has 0 saturated carbocycles. The largest absolute Gasteiger partial charge is 0.492 e. The van der Waals surface area contributed by atoms with E-state index >= 15 is 0 Å². The lowest BCUT2D eigenvalue weighted by molar-refractivity contribution is -0.135. The second-order valence-electron chi connectivity index (χ2n) is 9.99. The van der Waals surface area contributed by atoms with Gasteiger partial charge in [0, 0.05) is 44.5 Å². The van der Waals surface area contributed by atoms with Crippen molar-refractivity contribution in [3.63, 3.8) is 0 Å². The number of hydrogen-bond donors (Lipinski definition) is 1. The number of rotatable bonds is 12. The Morgan fingerprint density at radius 3 is 2.71 bits per heavy atom. The second kappa shape index (κ2) is 13.6. The van der Waals surface area contributed by atoms with Crippen molar-refractivity contribution >= 4 is 17.5 Å². The molecule has 1 aromatic heterocycles. The lowest BCUT2D eigenvalue weighted by Gasteiger charge is -2.33. The molecule has 0 bridgehead atoms. The van der Waals surface area contributed by atoms with Crippen molar-refractivity contribution in [2.45, 2.75) is 77.6 Å². The molecular weight excluding hydrogens is 430 g/mol. The third-order valence-electron chi connectivity index (χ3n) is 7.11. The summed E-state index contributed by atoms with van der Waals surface area (Å²) in [6, 6.07) is 1.90. The van der Waals surface area contributed by atoms with Gasteiger partial charge in [0.05, 0.1) is 12.8 Å². The number of hydrogen-bond acceptors (Lipinski definition) is 6. The number of ketones is 2. The smallest absolute Gasteiger partial charge is 0.222 e. The zero-order valence-corrected chi connectivity index (χ0v) is 20.9. The molecule has 7 heteroatoms. The first kappa shape index (κ1) is 26.3. The van der Waals surface area contributed by atoms with Gasteiger partial charge in [-0.25, -0.2) is 0 Å². The standard InChI is InChI=1S/C27H41N3O4/c1-3-13-34-25-15-24(17-29-18-25)23(14-20(2)31)16-26(32)22-5-4-12-30(19-22)27(33)7-6-21-8-10-28-11-9-21/h15,17-18,21-23,28H,3-14,16,19H2,1-2H3/t22-,23-/m1/s1. The van der Waals surface area contributed by atoms with Crippen molar-refractivity contribution in [3.05, 3.63) is 24.0 Å². The molecule has 188 valence electrons. The number of amides is 1. The number of piperidine rings is 2. The van der Waals surface area contributed by atoms with Crippen LogP contribution >= 0.6 is 0 Å². The summed E-state index contributed by atoms with van der Waals surface area (Å²) in [4.78, 5) is 44.3. The Bertz CT molecular complexity index is 822. The van der Waals surface area contributed by atoms with Crippen molar-refractivity contribution in [1.29, 1.82) is 0 Å². The summed E-state index contributed by atoms with van der Waals surface area (Å²) in [7, 11) is 0. The zero-order valence-electron chi connectivity index (χ0n) is 20.9. The molecule has 2 aliphatic rings. The van der Waals surface area contributed by atoms with Crippen molar-refractivity contribution < 1.29 is 19.1 Å². The predicted octanol–water partition coefficient (Wildman–Crippen LogP) is 3.91. The third-order valence-corrected chi connectivity index (χ3v) is 7.11. The molecule has 0 aromatic carbocycles. The molecule has 34 heavy (non-hydrogen) atoms. The highest BCUT2D eigenvalue weighted by Gasteiger charge is 2.30. The molecule has 1 aromatic rings. The number of pyridine rings is 1. The Hall–Kier alpha value is -2.28. The first-order valence-electron chi connectivity index (χ1n) is 13.0. The van der Waals surface area contributed by atoms with Crippen LogP contribution in [0.25, 0.3) is 0 Å². The molecule has 7 nitrogen and oxygen atoms in total. The maximum Gasteiger partial charge on any atom is 0.222 e. The normalized spacial score (nSPS) is 20.1. The van der Waals surface area contributed by atoms with E-state index in [0.29, 0.717) is 44.1 Å². The number of ether oxygens (including phenoxy) is 1. The quantitative estimate of drug-likeness (QED) is 0.497. The predicted molar refractivity (Wildman–Crippen MR) is 132 cm³/mol. The SMILES string of the molecule is CCCOc1cncc([C@H](CC(C)=O)CC(=O)[C@@H]2CCCN(C(=O)CCC3CCNCC3)C2)c1. The van der Waals surface area contributed by atoms with Crippen molar-refractivity contribution in [3.8, 4) is 5.75 Å². The van der Waals surface area contributed by atoms with Crippen LogP contribution < -0.4 is 10.1 Å². The van der Waals surface area contributed by atoms with E-state index in [2.05, 4.69) is 10.3 Å². The van der Waals surface area contributed by atoms with Crippen molar-refractivity contribution in [1.82, 2.24) is 15.2 Å². The van der Waals surface area contributed by atoms with Crippen LogP contribution in [0.3, 0.4) is 0 Å². The van der Waals surface area contributed by atoms with Crippen molar-refractivity contribution in [2.75, 3.05) is 32.8 Å². The van der Waals surface area contributed by atoms with Gasteiger partial charge in [-0.2, -0.15) is 0 Å². The molecule has 0 unspecified atom stereocenters. The van der Waals surface area contributed by atoms with Crippen LogP contribution in [0, 0.1) is 11.8 Å². The number of nitrogens with one attached hydrogen (secondary N) is 1. The summed E-state index contributed by atoms with van der Waals surface area (Å²) in [5.74, 6) is 1.31. The van der Waals surface area contributed by atoms with E-state index in [-0.39, 0.29) is 29.3 Å². The van der Waals surface area contributed by atoms with Crippen LogP contribution in [-0.4, -0.2) is 60.1 Å². The van der Waals surface area contributed by atoms with Gasteiger partial charge < -0.3 is 19.7 Å². The molecule has 2 atom stereocenters. The van der Waals surface area contributed by atoms with Gasteiger partial charge >= 0.3 is 0 Å². The third kappa shape index (κ3) is 8.19. The van der Waals surface area contributed by atoms with E-state index in [1.165, 1.54) is 0 Å². The molecule has 2 saturated heterocycles. The van der Waals surface area contributed by atoms with Crippen LogP contribution in [0.1, 0.15) is 83.1 Å². The van der Waals surface area contributed by atoms with Crippen LogP contribution in [0.15, 0.2) is 18.5 Å². The highest BCUT2D eigenvalue weighted by molar-refractivity contribution is 5.85. The molecule has 2 aliphatic heterocycles. The number of likely N-dealkylation sites (tertiary alicyclic amines) is 1. The van der Waals surface area contributed by atoms with Gasteiger partial charge in [-0.1, -0.05) is 6.92 Å². The Balaban J connectivity index is 1.57. The average Bonchev–Trinajstić information content (AvgIpc) is 2.86. The monoisotopic (exact) mass is 471 g/mol. The van der Waals surface area contributed by atoms with E-state index in [1.807, 2.05) is 17.9 Å². The van der Waals surface area contributed by atoms with Gasteiger partial charge in [-0.3, -0.25) is 14.6 Å². The van der Waals surface area contributed by atoms with Gasteiger partial charge in [0.25, 0.3) is 0 Å². The van der Waals surface area contributed by atoms with Gasteiger partial charge in [0.2, 0.25) is 5.91 Å². The Morgan fingerprint density at radius 2 is 1.97 bits per heavy atom. The fourth-order valence-corrected chi connectivity index (χ4v) is 5.14. The fraction of sp³-hybridized carbons (Fsp3) is 0.704. The Labute approximate surface area is 204 Å². The van der Waals surface area contributed by atoms with Gasteiger partial charge in [0.15, 0.2) is 0 Å². The highest BCUT2D eigenvalue weighted by atomic mass is 16.5. The molecule has 1 amide bonds. The van der Waals surface area contributed by atoms with Crippen molar-refractivity contribution in [2.24, 2.45) is 11.8 Å². The van der Waals surface area contributed by atoms with E-state index in [9.17, 15) is 14.4 Å². The molecular formula is C27H41N3O4. The minimum absolute atomic E-state index is 0.0519. The first-order chi connectivity index (χ1) is 16.5. The van der Waals surface area contributed by atoms with E-state index in [1.54, 1.807) is 19.3 Å². The summed E-state index contributed by atoms with van der Waals surface area (Å²) in [5, 5.41) is 3.37. The number of carbonyl (C=O) groups is 3. The maximum atomic E-state index is 13.3. The van der Waals surface area contributed by atoms with E-state index in [4.69, 9.17) is 4.74 Å². The summed E-state index contributed by atoms with van der Waals surface area (Å²) in [6.07, 6.45) is 10.4. The molecule has 0 radical (unpaired) electrons. The van der Waals surface area contributed by atoms with Crippen LogP contribution in [0.2, 0.25) is 0 Å². The summed E-state index contributed by atoms with van der Waals surface area (Å²) >= 11 is 0. The van der Waals surface area contributed by atoms with Gasteiger partial charge in [-0.05, 0) is 82.0 Å². The topological polar surface area (TPSA) is 88.6 Å². The molecule has 0 spiro atoms. The summed E-state index contributed by atoms with van der Waals surface area (Å²) in [5.41, 5.74) is 0.864. The number of Topliss-reactive ketones (excluding diaryl/α,β-unsaturated/α-hetero) is 2. The van der Waals surface area contributed by atoms with Crippen LogP contribution in [-0.2, 0) is 14.4 Å². The second-order valence-corrected chi connectivity index (χ2v) is 9.99. The number of nitrogens with zero attached hydrogens (tertiary/aromatic N) is 2. The summed E-state index contributed by atoms with van der Waals surface area (Å²) in [6.45, 7) is 7.55. The molecule has 0 aliphatic carbocycles. The van der Waals surface area contributed by atoms with Crippen LogP contribution in [0.4, 0.5) is 0 Å². The van der Waals surface area contributed by atoms with Gasteiger partial charge in [0.1, 0.15) is 17.3 Å². The summed E-state index contributed by atoms with van der Waals surface area (Å²) < 4.78 is 5.70. The van der Waals surface area contributed by atoms with Crippen LogP contribution in [0.5, 0.6) is 5.75 Å². The fourth-order valence-electron chi connectivity index (χ4n) is 5.14. The molecule has 1 N–H and O–H groups in total. The number of carbonyl (C=O) groups excluding carboxylic acids is 3. The Morgan fingerprint density at radius 1 is 1.18 bits per heavy atom. The van der Waals surface area contributed by atoms with E-state index < -0.39 is 0 Å². The minimum atomic E-state index is -0.214. The zero-order chi connectivity index (χ0) is 24.3. The first-order valence-corrected chi connectivity index (χ1v) is 13.0. The minimum Gasteiger partial charge on any atom is -0.492 e. The Kier molecular flexibility index (Phi) is 10.5. The molecule has 3 heterocycles. The van der Waals surface area contributed by atoms with E-state index in [0.717, 1.165) is 63.7 Å². The number of aromatic nitrogens is 1.